The van der Waals surface area contributed by atoms with E-state index in [2.05, 4.69) is 6.07 Å². The molecule has 0 aromatic heterocycles. The molecule has 0 amide bonds. The van der Waals surface area contributed by atoms with E-state index in [9.17, 15) is 8.42 Å². The number of ether oxygens (including phenoxy) is 3. The van der Waals surface area contributed by atoms with E-state index in [0.717, 1.165) is 30.8 Å². The SMILES string of the molecule is COc1ccc(S(=O)(=O)N2CCC(Cc3ccc4c(c3)OCO4)CC2)cc1. The van der Waals surface area contributed by atoms with Crippen molar-refractivity contribution in [3.05, 3.63) is 48.0 Å². The molecule has 0 N–H and O–H groups in total. The number of rotatable bonds is 5. The van der Waals surface area contributed by atoms with Gasteiger partial charge in [-0.3, -0.25) is 0 Å². The van der Waals surface area contributed by atoms with Gasteiger partial charge >= 0.3 is 0 Å². The molecule has 0 unspecified atom stereocenters. The lowest BCUT2D eigenvalue weighted by Gasteiger charge is -2.31. The molecule has 2 heterocycles. The van der Waals surface area contributed by atoms with Crippen LogP contribution in [-0.4, -0.2) is 39.7 Å². The van der Waals surface area contributed by atoms with Gasteiger partial charge in [0.25, 0.3) is 0 Å². The van der Waals surface area contributed by atoms with E-state index in [0.29, 0.717) is 29.7 Å². The van der Waals surface area contributed by atoms with E-state index in [1.165, 1.54) is 5.56 Å². The first kappa shape index (κ1) is 18.1. The van der Waals surface area contributed by atoms with Gasteiger partial charge in [0.2, 0.25) is 16.8 Å². The van der Waals surface area contributed by atoms with E-state index in [1.807, 2.05) is 12.1 Å². The summed E-state index contributed by atoms with van der Waals surface area (Å²) in [4.78, 5) is 0.317. The lowest BCUT2D eigenvalue weighted by atomic mass is 9.91. The van der Waals surface area contributed by atoms with E-state index in [4.69, 9.17) is 14.2 Å². The molecule has 4 rings (SSSR count). The number of piperidine rings is 1. The van der Waals surface area contributed by atoms with Crippen molar-refractivity contribution in [3.63, 3.8) is 0 Å². The topological polar surface area (TPSA) is 65.1 Å². The minimum absolute atomic E-state index is 0.278. The zero-order valence-corrected chi connectivity index (χ0v) is 16.1. The Labute approximate surface area is 159 Å². The highest BCUT2D eigenvalue weighted by molar-refractivity contribution is 7.89. The molecule has 144 valence electrons. The van der Waals surface area contributed by atoms with Crippen LogP contribution in [0.2, 0.25) is 0 Å². The molecule has 0 bridgehead atoms. The van der Waals surface area contributed by atoms with Crippen molar-refractivity contribution in [1.29, 1.82) is 0 Å². The Kier molecular flexibility index (Phi) is 4.97. The van der Waals surface area contributed by atoms with Crippen LogP contribution in [0.4, 0.5) is 0 Å². The van der Waals surface area contributed by atoms with Crippen LogP contribution in [0.25, 0.3) is 0 Å². The van der Waals surface area contributed by atoms with Gasteiger partial charge in [-0.05, 0) is 67.1 Å². The minimum Gasteiger partial charge on any atom is -0.497 e. The van der Waals surface area contributed by atoms with Crippen LogP contribution >= 0.6 is 0 Å². The minimum atomic E-state index is -3.45. The van der Waals surface area contributed by atoms with Gasteiger partial charge in [0.05, 0.1) is 12.0 Å². The molecule has 0 radical (unpaired) electrons. The molecule has 7 heteroatoms. The molecule has 0 atom stereocenters. The molecule has 1 fully saturated rings. The lowest BCUT2D eigenvalue weighted by Crippen LogP contribution is -2.38. The Bertz CT molecular complexity index is 902. The maximum Gasteiger partial charge on any atom is 0.243 e. The Hall–Kier alpha value is -2.25. The van der Waals surface area contributed by atoms with Crippen LogP contribution in [-0.2, 0) is 16.4 Å². The first-order valence-corrected chi connectivity index (χ1v) is 10.5. The Morgan fingerprint density at radius 3 is 2.44 bits per heavy atom. The highest BCUT2D eigenvalue weighted by atomic mass is 32.2. The first-order chi connectivity index (χ1) is 13.1. The number of methoxy groups -OCH3 is 1. The molecule has 2 aliphatic heterocycles. The predicted octanol–water partition coefficient (Wildman–Crippen LogP) is 3.07. The molecule has 0 aliphatic carbocycles. The number of fused-ring (bicyclic) bond motifs is 1. The van der Waals surface area contributed by atoms with Crippen molar-refractivity contribution >= 4 is 10.0 Å². The fraction of sp³-hybridized carbons (Fsp3) is 0.400. The van der Waals surface area contributed by atoms with Gasteiger partial charge in [-0.1, -0.05) is 6.07 Å². The highest BCUT2D eigenvalue weighted by Gasteiger charge is 2.29. The lowest BCUT2D eigenvalue weighted by molar-refractivity contribution is 0.174. The quantitative estimate of drug-likeness (QED) is 0.786. The maximum absolute atomic E-state index is 12.8. The molecule has 0 saturated carbocycles. The number of benzene rings is 2. The zero-order chi connectivity index (χ0) is 18.9. The summed E-state index contributed by atoms with van der Waals surface area (Å²) in [7, 11) is -1.89. The van der Waals surface area contributed by atoms with Crippen LogP contribution in [0.3, 0.4) is 0 Å². The Morgan fingerprint density at radius 1 is 1.04 bits per heavy atom. The highest BCUT2D eigenvalue weighted by Crippen LogP contribution is 2.34. The van der Waals surface area contributed by atoms with Crippen LogP contribution in [0.5, 0.6) is 17.2 Å². The smallest absolute Gasteiger partial charge is 0.243 e. The van der Waals surface area contributed by atoms with Gasteiger partial charge in [0, 0.05) is 13.1 Å². The number of sulfonamides is 1. The van der Waals surface area contributed by atoms with Gasteiger partial charge in [0.1, 0.15) is 5.75 Å². The van der Waals surface area contributed by atoms with Gasteiger partial charge < -0.3 is 14.2 Å². The van der Waals surface area contributed by atoms with Crippen LogP contribution in [0.15, 0.2) is 47.4 Å². The predicted molar refractivity (Wildman–Crippen MR) is 101 cm³/mol. The molecule has 27 heavy (non-hydrogen) atoms. The summed E-state index contributed by atoms with van der Waals surface area (Å²) < 4.78 is 43.1. The Morgan fingerprint density at radius 2 is 1.74 bits per heavy atom. The summed E-state index contributed by atoms with van der Waals surface area (Å²) in [6.45, 7) is 1.37. The third-order valence-corrected chi connectivity index (χ3v) is 7.14. The van der Waals surface area contributed by atoms with E-state index in [-0.39, 0.29) is 6.79 Å². The van der Waals surface area contributed by atoms with Crippen molar-refractivity contribution in [2.24, 2.45) is 5.92 Å². The summed E-state index contributed by atoms with van der Waals surface area (Å²) in [5.74, 6) is 2.70. The van der Waals surface area contributed by atoms with E-state index < -0.39 is 10.0 Å². The number of nitrogens with zero attached hydrogens (tertiary/aromatic N) is 1. The molecular weight excluding hydrogens is 366 g/mol. The molecule has 0 spiro atoms. The van der Waals surface area contributed by atoms with Gasteiger partial charge in [0.15, 0.2) is 11.5 Å². The van der Waals surface area contributed by atoms with Crippen molar-refractivity contribution in [2.45, 2.75) is 24.2 Å². The standard InChI is InChI=1S/C20H23NO5S/c1-24-17-3-5-18(6-4-17)27(22,23)21-10-8-15(9-11-21)12-16-2-7-19-20(13-16)26-14-25-19/h2-7,13,15H,8-12,14H2,1H3. The summed E-state index contributed by atoms with van der Waals surface area (Å²) in [6.07, 6.45) is 2.63. The molecule has 6 nitrogen and oxygen atoms in total. The van der Waals surface area contributed by atoms with Crippen LogP contribution in [0, 0.1) is 5.92 Å². The average Bonchev–Trinajstić information content (AvgIpc) is 3.16. The second kappa shape index (κ2) is 7.40. The summed E-state index contributed by atoms with van der Waals surface area (Å²) >= 11 is 0. The first-order valence-electron chi connectivity index (χ1n) is 9.09. The normalized spacial score (nSPS) is 17.8. The van der Waals surface area contributed by atoms with E-state index >= 15 is 0 Å². The number of hydrogen-bond donors (Lipinski definition) is 0. The van der Waals surface area contributed by atoms with Gasteiger partial charge in [-0.15, -0.1) is 0 Å². The molecular formula is C20H23NO5S. The third kappa shape index (κ3) is 3.75. The second-order valence-electron chi connectivity index (χ2n) is 6.91. The number of hydrogen-bond acceptors (Lipinski definition) is 5. The van der Waals surface area contributed by atoms with Crippen molar-refractivity contribution in [1.82, 2.24) is 4.31 Å². The summed E-state index contributed by atoms with van der Waals surface area (Å²) in [5.41, 5.74) is 1.20. The van der Waals surface area contributed by atoms with Crippen molar-refractivity contribution < 1.29 is 22.6 Å². The summed E-state index contributed by atoms with van der Waals surface area (Å²) in [6, 6.07) is 12.6. The van der Waals surface area contributed by atoms with Crippen molar-refractivity contribution in [3.8, 4) is 17.2 Å². The fourth-order valence-electron chi connectivity index (χ4n) is 3.65. The molecule has 2 aliphatic rings. The largest absolute Gasteiger partial charge is 0.497 e. The van der Waals surface area contributed by atoms with Gasteiger partial charge in [-0.25, -0.2) is 8.42 Å². The maximum atomic E-state index is 12.8. The molecule has 2 aromatic rings. The monoisotopic (exact) mass is 389 g/mol. The van der Waals surface area contributed by atoms with Crippen LogP contribution in [0.1, 0.15) is 18.4 Å². The molecule has 1 saturated heterocycles. The Balaban J connectivity index is 1.38. The van der Waals surface area contributed by atoms with Crippen LogP contribution < -0.4 is 14.2 Å². The zero-order valence-electron chi connectivity index (χ0n) is 15.3. The van der Waals surface area contributed by atoms with E-state index in [1.54, 1.807) is 35.7 Å². The average molecular weight is 389 g/mol. The molecule has 2 aromatic carbocycles. The third-order valence-electron chi connectivity index (χ3n) is 5.23. The van der Waals surface area contributed by atoms with Gasteiger partial charge in [-0.2, -0.15) is 4.31 Å². The van der Waals surface area contributed by atoms with Crippen molar-refractivity contribution in [2.75, 3.05) is 27.0 Å². The summed E-state index contributed by atoms with van der Waals surface area (Å²) in [5, 5.41) is 0. The fourth-order valence-corrected chi connectivity index (χ4v) is 5.12. The second-order valence-corrected chi connectivity index (χ2v) is 8.85.